The number of rotatable bonds is 5. The van der Waals surface area contributed by atoms with E-state index in [0.717, 1.165) is 30.3 Å². The molecule has 0 atom stereocenters. The van der Waals surface area contributed by atoms with Crippen LogP contribution in [0.1, 0.15) is 44.5 Å². The van der Waals surface area contributed by atoms with Gasteiger partial charge in [0.2, 0.25) is 0 Å². The number of allylic oxidation sites excluding steroid dienone is 2. The minimum Gasteiger partial charge on any atom is -0.876 e. The second kappa shape index (κ2) is 13.1. The summed E-state index contributed by atoms with van der Waals surface area (Å²) in [6, 6.07) is 12.2. The molecular formula is C21H25N2O2Rh-. The summed E-state index contributed by atoms with van der Waals surface area (Å²) >= 11 is 0. The van der Waals surface area contributed by atoms with Crippen molar-refractivity contribution in [2.75, 3.05) is 0 Å². The zero-order valence-corrected chi connectivity index (χ0v) is 17.3. The molecule has 0 unspecified atom stereocenters. The molecule has 0 saturated carbocycles. The summed E-state index contributed by atoms with van der Waals surface area (Å²) in [6.45, 7) is 7.02. The van der Waals surface area contributed by atoms with Gasteiger partial charge in [0.05, 0.1) is 17.6 Å². The van der Waals surface area contributed by atoms with Gasteiger partial charge in [-0.3, -0.25) is 14.8 Å². The average Bonchev–Trinajstić information content (AvgIpc) is 2.59. The van der Waals surface area contributed by atoms with Crippen LogP contribution in [0.5, 0.6) is 0 Å². The number of carbonyl (C=O) groups is 1. The van der Waals surface area contributed by atoms with Crippen molar-refractivity contribution in [3.8, 4) is 0 Å². The second-order valence-electron chi connectivity index (χ2n) is 5.51. The van der Waals surface area contributed by atoms with Gasteiger partial charge in [0.15, 0.2) is 5.78 Å². The molecular weight excluding hydrogens is 415 g/mol. The van der Waals surface area contributed by atoms with Crippen molar-refractivity contribution in [2.24, 2.45) is 4.99 Å². The number of benzene rings is 1. The summed E-state index contributed by atoms with van der Waals surface area (Å²) in [4.78, 5) is 18.9. The average molecular weight is 440 g/mol. The summed E-state index contributed by atoms with van der Waals surface area (Å²) in [5.74, 6) is -0.375. The van der Waals surface area contributed by atoms with Crippen LogP contribution in [0.15, 0.2) is 59.4 Å². The van der Waals surface area contributed by atoms with Crippen molar-refractivity contribution in [1.82, 2.24) is 4.98 Å². The number of carbonyl (C=O) groups excluding carboxylic acids is 1. The molecule has 141 valence electrons. The Bertz CT molecular complexity index is 715. The van der Waals surface area contributed by atoms with Crippen LogP contribution >= 0.6 is 0 Å². The van der Waals surface area contributed by atoms with Crippen LogP contribution in [0.4, 0.5) is 5.69 Å². The Kier molecular flexibility index (Phi) is 12.1. The maximum absolute atomic E-state index is 9.98. The van der Waals surface area contributed by atoms with Crippen LogP contribution in [0.3, 0.4) is 0 Å². The number of aromatic nitrogens is 1. The van der Waals surface area contributed by atoms with E-state index < -0.39 is 0 Å². The standard InChI is InChI=1S/C16H18N2.C5H8O2.Rh/c1-3-13-8-7-9-14(4-2)16(13)18-12-15-10-5-6-11-17-15;1-4(6)3-5(2)7;/h5-12H,3-4H2,1-2H3;3,6H,1-2H3;/p-1/b;4-3-;. The molecule has 0 fully saturated rings. The predicted octanol–water partition coefficient (Wildman–Crippen LogP) is 3.79. The quantitative estimate of drug-likeness (QED) is 0.308. The molecule has 1 aromatic heterocycles. The number of para-hydroxylation sites is 1. The smallest absolute Gasteiger partial charge is 0.151 e. The van der Waals surface area contributed by atoms with E-state index in [2.05, 4.69) is 42.0 Å². The van der Waals surface area contributed by atoms with Gasteiger partial charge < -0.3 is 5.11 Å². The van der Waals surface area contributed by atoms with E-state index in [-0.39, 0.29) is 31.0 Å². The van der Waals surface area contributed by atoms with Crippen molar-refractivity contribution in [3.05, 3.63) is 71.3 Å². The molecule has 0 bridgehead atoms. The van der Waals surface area contributed by atoms with Crippen molar-refractivity contribution < 1.29 is 29.4 Å². The van der Waals surface area contributed by atoms with Crippen LogP contribution in [-0.2, 0) is 37.1 Å². The van der Waals surface area contributed by atoms with E-state index in [0.29, 0.717) is 0 Å². The molecule has 0 aliphatic rings. The first-order chi connectivity index (χ1) is 12.0. The number of aliphatic imine (C=N–C) groups is 1. The van der Waals surface area contributed by atoms with Crippen LogP contribution in [0, 0.1) is 0 Å². The van der Waals surface area contributed by atoms with Crippen LogP contribution in [-0.4, -0.2) is 17.0 Å². The molecule has 5 heteroatoms. The minimum absolute atomic E-state index is 0. The van der Waals surface area contributed by atoms with Crippen LogP contribution < -0.4 is 5.11 Å². The van der Waals surface area contributed by atoms with Crippen molar-refractivity contribution >= 4 is 17.7 Å². The third kappa shape index (κ3) is 8.82. The monoisotopic (exact) mass is 440 g/mol. The number of hydrogen-bond acceptors (Lipinski definition) is 4. The molecule has 0 amide bonds. The van der Waals surface area contributed by atoms with Crippen molar-refractivity contribution in [1.29, 1.82) is 0 Å². The SMILES string of the molecule is CC(=O)/C=C(/C)[O-].CCc1cccc(CC)c1N=Cc1ccccn1.[Rh]. The topological polar surface area (TPSA) is 65.4 Å². The molecule has 4 nitrogen and oxygen atoms in total. The van der Waals surface area contributed by atoms with Crippen LogP contribution in [0.2, 0.25) is 0 Å². The molecule has 1 aromatic carbocycles. The number of ketones is 1. The second-order valence-corrected chi connectivity index (χ2v) is 5.51. The Morgan fingerprint density at radius 2 is 1.69 bits per heavy atom. The van der Waals surface area contributed by atoms with Gasteiger partial charge in [0, 0.05) is 25.7 Å². The summed E-state index contributed by atoms with van der Waals surface area (Å²) in [5.41, 5.74) is 4.58. The van der Waals surface area contributed by atoms with Crippen molar-refractivity contribution in [3.63, 3.8) is 0 Å². The summed E-state index contributed by atoms with van der Waals surface area (Å²) in [5, 5.41) is 9.98. The first-order valence-corrected chi connectivity index (χ1v) is 8.39. The van der Waals surface area contributed by atoms with E-state index in [4.69, 9.17) is 0 Å². The third-order valence-corrected chi connectivity index (χ3v) is 3.39. The Morgan fingerprint density at radius 3 is 2.08 bits per heavy atom. The van der Waals surface area contributed by atoms with Gasteiger partial charge in [-0.15, -0.1) is 5.76 Å². The van der Waals surface area contributed by atoms with E-state index in [1.54, 1.807) is 6.20 Å². The van der Waals surface area contributed by atoms with E-state index in [9.17, 15) is 9.90 Å². The Morgan fingerprint density at radius 1 is 1.08 bits per heavy atom. The van der Waals surface area contributed by atoms with Gasteiger partial charge in [0.25, 0.3) is 0 Å². The van der Waals surface area contributed by atoms with E-state index in [1.807, 2.05) is 24.4 Å². The summed E-state index contributed by atoms with van der Waals surface area (Å²) in [7, 11) is 0. The van der Waals surface area contributed by atoms with Crippen molar-refractivity contribution in [2.45, 2.75) is 40.5 Å². The molecule has 0 saturated heterocycles. The molecule has 0 N–H and O–H groups in total. The van der Waals surface area contributed by atoms with Crippen LogP contribution in [0.25, 0.3) is 0 Å². The number of aryl methyl sites for hydroxylation is 2. The maximum Gasteiger partial charge on any atom is 0.151 e. The fraction of sp³-hybridized carbons (Fsp3) is 0.286. The Labute approximate surface area is 168 Å². The molecule has 0 spiro atoms. The normalized spacial score (nSPS) is 10.7. The summed E-state index contributed by atoms with van der Waals surface area (Å²) < 4.78 is 0. The number of hydrogen-bond donors (Lipinski definition) is 0. The van der Waals surface area contributed by atoms with Gasteiger partial charge >= 0.3 is 0 Å². The van der Waals surface area contributed by atoms with Gasteiger partial charge in [-0.1, -0.05) is 45.0 Å². The van der Waals surface area contributed by atoms with Gasteiger partial charge in [-0.05, 0) is 49.1 Å². The summed E-state index contributed by atoms with van der Waals surface area (Å²) in [6.07, 6.45) is 6.69. The third-order valence-electron chi connectivity index (χ3n) is 3.39. The first-order valence-electron chi connectivity index (χ1n) is 8.39. The molecule has 2 aromatic rings. The van der Waals surface area contributed by atoms with E-state index in [1.165, 1.54) is 25.0 Å². The number of nitrogens with zero attached hydrogens (tertiary/aromatic N) is 2. The Hall–Kier alpha value is -2.13. The van der Waals surface area contributed by atoms with Gasteiger partial charge in [-0.2, -0.15) is 0 Å². The fourth-order valence-electron chi connectivity index (χ4n) is 2.25. The molecule has 0 aliphatic heterocycles. The molecule has 1 heterocycles. The van der Waals surface area contributed by atoms with E-state index >= 15 is 0 Å². The molecule has 0 aliphatic carbocycles. The first kappa shape index (κ1) is 23.9. The molecule has 1 radical (unpaired) electrons. The fourth-order valence-corrected chi connectivity index (χ4v) is 2.25. The van der Waals surface area contributed by atoms with Gasteiger partial charge in [-0.25, -0.2) is 0 Å². The largest absolute Gasteiger partial charge is 0.876 e. The zero-order chi connectivity index (χ0) is 18.7. The minimum atomic E-state index is -0.187. The molecule has 26 heavy (non-hydrogen) atoms. The number of pyridine rings is 1. The molecule has 2 rings (SSSR count). The van der Waals surface area contributed by atoms with Gasteiger partial charge in [0.1, 0.15) is 0 Å². The Balaban J connectivity index is 0.000000673. The maximum atomic E-state index is 9.98. The zero-order valence-electron chi connectivity index (χ0n) is 15.7. The predicted molar refractivity (Wildman–Crippen MR) is 101 cm³/mol.